The molecule has 1 N–H and O–H groups in total. The van der Waals surface area contributed by atoms with Crippen LogP contribution in [0.5, 0.6) is 5.75 Å². The number of rotatable bonds is 5. The highest BCUT2D eigenvalue weighted by molar-refractivity contribution is 5.21. The van der Waals surface area contributed by atoms with E-state index in [1.165, 1.54) is 38.1 Å². The molecule has 2 fully saturated rings. The van der Waals surface area contributed by atoms with E-state index in [2.05, 4.69) is 10.2 Å². The molecule has 4 heteroatoms. The number of nitrogens with one attached hydrogen (secondary N) is 1. The van der Waals surface area contributed by atoms with E-state index in [0.29, 0.717) is 6.61 Å². The largest absolute Gasteiger partial charge is 0.494 e. The van der Waals surface area contributed by atoms with E-state index in [0.717, 1.165) is 37.2 Å². The molecule has 0 saturated carbocycles. The minimum atomic E-state index is -0.217. The first-order valence-electron chi connectivity index (χ1n) is 7.66. The molecular weight excluding hydrogens is 255 g/mol. The van der Waals surface area contributed by atoms with Crippen LogP contribution in [0.1, 0.15) is 19.3 Å². The number of hydrogen-bond acceptors (Lipinski definition) is 3. The maximum absolute atomic E-state index is 12.8. The van der Waals surface area contributed by atoms with Crippen molar-refractivity contribution in [1.82, 2.24) is 10.2 Å². The SMILES string of the molecule is Fc1ccc(OCCCN2CCCC3CNCC32)cc1. The number of hydrogen-bond donors (Lipinski definition) is 1. The number of fused-ring (bicyclic) bond motifs is 1. The van der Waals surface area contributed by atoms with Crippen LogP contribution < -0.4 is 10.1 Å². The van der Waals surface area contributed by atoms with Gasteiger partial charge in [-0.3, -0.25) is 4.90 Å². The second kappa shape index (κ2) is 6.55. The molecule has 0 aromatic heterocycles. The van der Waals surface area contributed by atoms with Gasteiger partial charge in [0, 0.05) is 19.1 Å². The van der Waals surface area contributed by atoms with Gasteiger partial charge in [-0.25, -0.2) is 4.39 Å². The van der Waals surface area contributed by atoms with Gasteiger partial charge < -0.3 is 10.1 Å². The van der Waals surface area contributed by atoms with Crippen LogP contribution in [0.2, 0.25) is 0 Å². The quantitative estimate of drug-likeness (QED) is 0.836. The molecule has 2 aliphatic heterocycles. The summed E-state index contributed by atoms with van der Waals surface area (Å²) in [7, 11) is 0. The second-order valence-electron chi connectivity index (χ2n) is 5.82. The molecule has 110 valence electrons. The molecule has 0 radical (unpaired) electrons. The fourth-order valence-corrected chi connectivity index (χ4v) is 3.43. The van der Waals surface area contributed by atoms with Crippen molar-refractivity contribution in [2.24, 2.45) is 5.92 Å². The van der Waals surface area contributed by atoms with E-state index < -0.39 is 0 Å². The number of ether oxygens (including phenoxy) is 1. The Hall–Kier alpha value is -1.13. The molecule has 2 unspecified atom stereocenters. The zero-order valence-corrected chi connectivity index (χ0v) is 11.9. The molecule has 3 nitrogen and oxygen atoms in total. The Labute approximate surface area is 120 Å². The zero-order chi connectivity index (χ0) is 13.8. The van der Waals surface area contributed by atoms with Crippen LogP contribution in [0.25, 0.3) is 0 Å². The molecule has 2 atom stereocenters. The predicted octanol–water partition coefficient (Wildman–Crippen LogP) is 2.28. The van der Waals surface area contributed by atoms with Gasteiger partial charge >= 0.3 is 0 Å². The first-order chi connectivity index (χ1) is 9.83. The summed E-state index contributed by atoms with van der Waals surface area (Å²) in [5.41, 5.74) is 0. The van der Waals surface area contributed by atoms with Crippen molar-refractivity contribution < 1.29 is 9.13 Å². The topological polar surface area (TPSA) is 24.5 Å². The molecular formula is C16H23FN2O. The number of piperidine rings is 1. The lowest BCUT2D eigenvalue weighted by molar-refractivity contribution is 0.117. The van der Waals surface area contributed by atoms with E-state index >= 15 is 0 Å². The third-order valence-corrected chi connectivity index (χ3v) is 4.47. The number of benzene rings is 1. The van der Waals surface area contributed by atoms with Gasteiger partial charge in [0.2, 0.25) is 0 Å². The highest BCUT2D eigenvalue weighted by Gasteiger charge is 2.34. The molecule has 0 aliphatic carbocycles. The fourth-order valence-electron chi connectivity index (χ4n) is 3.43. The van der Waals surface area contributed by atoms with Crippen molar-refractivity contribution in [2.45, 2.75) is 25.3 Å². The summed E-state index contributed by atoms with van der Waals surface area (Å²) in [5.74, 6) is 1.39. The Balaban J connectivity index is 1.40. The lowest BCUT2D eigenvalue weighted by atomic mass is 9.92. The first kappa shape index (κ1) is 13.8. The van der Waals surface area contributed by atoms with E-state index in [1.807, 2.05) is 0 Å². The highest BCUT2D eigenvalue weighted by Crippen LogP contribution is 2.26. The fraction of sp³-hybridized carbons (Fsp3) is 0.625. The van der Waals surface area contributed by atoms with Gasteiger partial charge in [0.05, 0.1) is 6.61 Å². The number of halogens is 1. The zero-order valence-electron chi connectivity index (χ0n) is 11.9. The van der Waals surface area contributed by atoms with Crippen molar-refractivity contribution in [1.29, 1.82) is 0 Å². The number of nitrogens with zero attached hydrogens (tertiary/aromatic N) is 1. The van der Waals surface area contributed by atoms with E-state index in [1.54, 1.807) is 12.1 Å². The molecule has 2 saturated heterocycles. The Bertz CT molecular complexity index is 423. The van der Waals surface area contributed by atoms with Crippen LogP contribution in [0.3, 0.4) is 0 Å². The minimum Gasteiger partial charge on any atom is -0.494 e. The summed E-state index contributed by atoms with van der Waals surface area (Å²) < 4.78 is 18.4. The Morgan fingerprint density at radius 1 is 1.25 bits per heavy atom. The van der Waals surface area contributed by atoms with Crippen LogP contribution in [0.4, 0.5) is 4.39 Å². The van der Waals surface area contributed by atoms with Gasteiger partial charge in [0.15, 0.2) is 0 Å². The van der Waals surface area contributed by atoms with Crippen LogP contribution in [0.15, 0.2) is 24.3 Å². The second-order valence-corrected chi connectivity index (χ2v) is 5.82. The van der Waals surface area contributed by atoms with Crippen LogP contribution in [-0.4, -0.2) is 43.7 Å². The predicted molar refractivity (Wildman–Crippen MR) is 77.5 cm³/mol. The van der Waals surface area contributed by atoms with Gasteiger partial charge in [-0.1, -0.05) is 0 Å². The lowest BCUT2D eigenvalue weighted by Crippen LogP contribution is -2.45. The van der Waals surface area contributed by atoms with Gasteiger partial charge in [-0.05, 0) is 62.5 Å². The molecule has 0 bridgehead atoms. The molecule has 20 heavy (non-hydrogen) atoms. The maximum Gasteiger partial charge on any atom is 0.123 e. The summed E-state index contributed by atoms with van der Waals surface area (Å²) in [4.78, 5) is 2.61. The third kappa shape index (κ3) is 3.30. The minimum absolute atomic E-state index is 0.217. The normalized spacial score (nSPS) is 26.4. The van der Waals surface area contributed by atoms with E-state index in [9.17, 15) is 4.39 Å². The summed E-state index contributed by atoms with van der Waals surface area (Å²) in [5, 5.41) is 3.51. The van der Waals surface area contributed by atoms with E-state index in [-0.39, 0.29) is 5.82 Å². The Morgan fingerprint density at radius 2 is 2.10 bits per heavy atom. The Kier molecular flexibility index (Phi) is 4.53. The summed E-state index contributed by atoms with van der Waals surface area (Å²) in [6.45, 7) is 5.35. The Morgan fingerprint density at radius 3 is 2.95 bits per heavy atom. The number of likely N-dealkylation sites (tertiary alicyclic amines) is 1. The van der Waals surface area contributed by atoms with Gasteiger partial charge in [0.1, 0.15) is 11.6 Å². The van der Waals surface area contributed by atoms with Crippen molar-refractivity contribution in [2.75, 3.05) is 32.8 Å². The average molecular weight is 278 g/mol. The molecule has 0 amide bonds. The third-order valence-electron chi connectivity index (χ3n) is 4.47. The van der Waals surface area contributed by atoms with Crippen molar-refractivity contribution in [3.05, 3.63) is 30.1 Å². The van der Waals surface area contributed by atoms with Crippen LogP contribution >= 0.6 is 0 Å². The van der Waals surface area contributed by atoms with Gasteiger partial charge in [-0.2, -0.15) is 0 Å². The molecule has 1 aromatic carbocycles. The molecule has 2 heterocycles. The highest BCUT2D eigenvalue weighted by atomic mass is 19.1. The van der Waals surface area contributed by atoms with Gasteiger partial charge in [-0.15, -0.1) is 0 Å². The lowest BCUT2D eigenvalue weighted by Gasteiger charge is -2.37. The summed E-state index contributed by atoms with van der Waals surface area (Å²) in [6, 6.07) is 6.98. The summed E-state index contributed by atoms with van der Waals surface area (Å²) >= 11 is 0. The van der Waals surface area contributed by atoms with E-state index in [4.69, 9.17) is 4.74 Å². The maximum atomic E-state index is 12.8. The summed E-state index contributed by atoms with van der Waals surface area (Å²) in [6.07, 6.45) is 3.72. The van der Waals surface area contributed by atoms with Crippen molar-refractivity contribution in [3.8, 4) is 5.75 Å². The standard InChI is InChI=1S/C16H23FN2O/c17-14-4-6-15(7-5-14)20-10-2-9-19-8-1-3-13-11-18-12-16(13)19/h4-7,13,16,18H,1-3,8-12H2. The monoisotopic (exact) mass is 278 g/mol. The van der Waals surface area contributed by atoms with Gasteiger partial charge in [0.25, 0.3) is 0 Å². The molecule has 3 rings (SSSR count). The van der Waals surface area contributed by atoms with Crippen LogP contribution in [-0.2, 0) is 0 Å². The molecule has 0 spiro atoms. The smallest absolute Gasteiger partial charge is 0.123 e. The van der Waals surface area contributed by atoms with Crippen molar-refractivity contribution in [3.63, 3.8) is 0 Å². The van der Waals surface area contributed by atoms with Crippen LogP contribution in [0, 0.1) is 11.7 Å². The first-order valence-corrected chi connectivity index (χ1v) is 7.66. The molecule has 2 aliphatic rings. The average Bonchev–Trinajstić information content (AvgIpc) is 2.94. The van der Waals surface area contributed by atoms with Crippen molar-refractivity contribution >= 4 is 0 Å². The molecule has 1 aromatic rings.